The Kier molecular flexibility index (Phi) is 39.1. The number of rotatable bonds is 41. The summed E-state index contributed by atoms with van der Waals surface area (Å²) in [4.78, 5) is 63.5. The lowest BCUT2D eigenvalue weighted by Gasteiger charge is -2.19. The summed E-state index contributed by atoms with van der Waals surface area (Å²) in [6, 6.07) is -1.95. The number of esters is 1. The van der Waals surface area contributed by atoms with E-state index in [1.165, 1.54) is 109 Å². The van der Waals surface area contributed by atoms with Gasteiger partial charge >= 0.3 is 5.97 Å². The van der Waals surface area contributed by atoms with Crippen molar-refractivity contribution >= 4 is 29.6 Å². The molecule has 0 bridgehead atoms. The van der Waals surface area contributed by atoms with Crippen LogP contribution in [0.15, 0.2) is 12.2 Å². The molecule has 0 rings (SSSR count). The molecule has 4 amide bonds. The van der Waals surface area contributed by atoms with Crippen LogP contribution in [0.4, 0.5) is 0 Å². The van der Waals surface area contributed by atoms with Crippen LogP contribution >= 0.6 is 0 Å². The fraction of sp³-hybridized carbons (Fsp3) is 0.848. The molecule has 0 saturated carbocycles. The second kappa shape index (κ2) is 41.2. The van der Waals surface area contributed by atoms with Crippen molar-refractivity contribution in [1.82, 2.24) is 21.3 Å². The van der Waals surface area contributed by atoms with E-state index in [0.29, 0.717) is 19.5 Å². The molecule has 0 aromatic carbocycles. The molecule has 0 fully saturated rings. The highest BCUT2D eigenvalue weighted by Gasteiger charge is 2.24. The minimum Gasteiger partial charge on any atom is -0.461 e. The molecule has 0 saturated heterocycles. The summed E-state index contributed by atoms with van der Waals surface area (Å²) < 4.78 is 5.21. The van der Waals surface area contributed by atoms with Gasteiger partial charge in [-0.1, -0.05) is 168 Å². The van der Waals surface area contributed by atoms with Gasteiger partial charge in [-0.15, -0.1) is 0 Å². The molecule has 0 spiro atoms. The molecule has 11 heteroatoms. The van der Waals surface area contributed by atoms with Crippen molar-refractivity contribution in [2.75, 3.05) is 26.2 Å². The van der Waals surface area contributed by atoms with Crippen molar-refractivity contribution < 1.29 is 28.7 Å². The monoisotopic (exact) mass is 806 g/mol. The van der Waals surface area contributed by atoms with Gasteiger partial charge < -0.3 is 31.7 Å². The molecule has 0 aliphatic rings. The molecular weight excluding hydrogens is 719 g/mol. The van der Waals surface area contributed by atoms with Gasteiger partial charge in [0.15, 0.2) is 0 Å². The van der Waals surface area contributed by atoms with Crippen LogP contribution in [0, 0.1) is 0 Å². The van der Waals surface area contributed by atoms with Crippen LogP contribution in [0.5, 0.6) is 0 Å². The van der Waals surface area contributed by atoms with E-state index in [1.807, 2.05) is 12.2 Å². The summed E-state index contributed by atoms with van der Waals surface area (Å²) in [6.07, 6.45) is 34.1. The van der Waals surface area contributed by atoms with Crippen LogP contribution in [0.25, 0.3) is 0 Å². The number of hydrogen-bond acceptors (Lipinski definition) is 7. The Morgan fingerprint density at radius 3 is 1.51 bits per heavy atom. The number of carbonyl (C=O) groups excluding carboxylic acids is 5. The van der Waals surface area contributed by atoms with Crippen LogP contribution in [-0.2, 0) is 28.7 Å². The van der Waals surface area contributed by atoms with Gasteiger partial charge in [0.1, 0.15) is 12.6 Å². The largest absolute Gasteiger partial charge is 0.461 e. The first-order chi connectivity index (χ1) is 27.7. The Hall–Kier alpha value is -2.95. The molecule has 332 valence electrons. The first-order valence-corrected chi connectivity index (χ1v) is 23.4. The quantitative estimate of drug-likeness (QED) is 0.0233. The van der Waals surface area contributed by atoms with Gasteiger partial charge in [-0.2, -0.15) is 0 Å². The van der Waals surface area contributed by atoms with Gasteiger partial charge in [-0.3, -0.25) is 24.0 Å². The summed E-state index contributed by atoms with van der Waals surface area (Å²) in [5.41, 5.74) is 6.06. The van der Waals surface area contributed by atoms with E-state index in [4.69, 9.17) is 10.5 Å². The number of carbonyl (C=O) groups is 5. The fourth-order valence-corrected chi connectivity index (χ4v) is 6.60. The molecule has 2 unspecified atom stereocenters. The third-order valence-corrected chi connectivity index (χ3v) is 10.3. The number of nitrogens with one attached hydrogen (secondary N) is 4. The lowest BCUT2D eigenvalue weighted by molar-refractivity contribution is -0.142. The fourth-order valence-electron chi connectivity index (χ4n) is 6.60. The maximum absolute atomic E-state index is 13.2. The maximum atomic E-state index is 13.2. The standard InChI is InChI=1S/C46H87N5O6/c1-4-7-10-13-16-18-20-22-25-28-35-48-43(53)39-41(46(56)50-36-29-26-23-21-19-17-14-11-8-5-2)51-42(52)34-33-40(47)45(55)49-37-31-32-44(54)57-38-30-27-24-15-12-9-6-3/h27,30,40-41H,4-26,28-29,31-39,47H2,1-3H3,(H,48,53)(H,49,55)(H,50,56)(H,51,52)/b30-27-. The predicted molar refractivity (Wildman–Crippen MR) is 235 cm³/mol. The summed E-state index contributed by atoms with van der Waals surface area (Å²) in [6.45, 7) is 8.18. The van der Waals surface area contributed by atoms with Crippen LogP contribution in [0.1, 0.15) is 213 Å². The molecule has 2 atom stereocenters. The van der Waals surface area contributed by atoms with Crippen molar-refractivity contribution in [2.45, 2.75) is 225 Å². The van der Waals surface area contributed by atoms with E-state index < -0.39 is 23.9 Å². The molecule has 11 nitrogen and oxygen atoms in total. The van der Waals surface area contributed by atoms with Gasteiger partial charge in [0.05, 0.1) is 12.5 Å². The van der Waals surface area contributed by atoms with E-state index in [9.17, 15) is 24.0 Å². The zero-order valence-corrected chi connectivity index (χ0v) is 36.9. The van der Waals surface area contributed by atoms with E-state index in [0.717, 1.165) is 51.4 Å². The highest BCUT2D eigenvalue weighted by atomic mass is 16.5. The second-order valence-corrected chi connectivity index (χ2v) is 15.9. The summed E-state index contributed by atoms with van der Waals surface area (Å²) in [7, 11) is 0. The van der Waals surface area contributed by atoms with Gasteiger partial charge in [-0.25, -0.2) is 0 Å². The van der Waals surface area contributed by atoms with E-state index in [-0.39, 0.29) is 56.6 Å². The SMILES string of the molecule is CCCCCC/C=C\COC(=O)CCCNC(=O)C(N)CCC(=O)NC(CC(=O)NCCCCCCCCCCCC)C(=O)NCCCCCCCCCCCC. The van der Waals surface area contributed by atoms with Crippen molar-refractivity contribution in [3.8, 4) is 0 Å². The molecule has 57 heavy (non-hydrogen) atoms. The molecule has 6 N–H and O–H groups in total. The number of allylic oxidation sites excluding steroid dienone is 1. The lowest BCUT2D eigenvalue weighted by atomic mass is 10.1. The Bertz CT molecular complexity index is 1040. The van der Waals surface area contributed by atoms with Crippen molar-refractivity contribution in [2.24, 2.45) is 5.73 Å². The van der Waals surface area contributed by atoms with Gasteiger partial charge in [0, 0.05) is 32.5 Å². The Morgan fingerprint density at radius 1 is 0.509 bits per heavy atom. The Morgan fingerprint density at radius 2 is 0.965 bits per heavy atom. The molecule has 0 aliphatic heterocycles. The van der Waals surface area contributed by atoms with Crippen LogP contribution in [-0.4, -0.2) is 67.9 Å². The molecular formula is C46H87N5O6. The predicted octanol–water partition coefficient (Wildman–Crippen LogP) is 9.01. The Labute approximate surface area is 348 Å². The second-order valence-electron chi connectivity index (χ2n) is 15.9. The number of nitrogens with two attached hydrogens (primary N) is 1. The zero-order chi connectivity index (χ0) is 42.0. The molecule has 0 radical (unpaired) electrons. The summed E-state index contributed by atoms with van der Waals surface area (Å²) >= 11 is 0. The van der Waals surface area contributed by atoms with E-state index in [2.05, 4.69) is 42.0 Å². The number of unbranched alkanes of at least 4 members (excludes halogenated alkanes) is 22. The first kappa shape index (κ1) is 54.0. The topological polar surface area (TPSA) is 169 Å². The smallest absolute Gasteiger partial charge is 0.306 e. The van der Waals surface area contributed by atoms with Crippen molar-refractivity contribution in [3.05, 3.63) is 12.2 Å². The van der Waals surface area contributed by atoms with Gasteiger partial charge in [-0.05, 0) is 38.5 Å². The third kappa shape index (κ3) is 37.1. The third-order valence-electron chi connectivity index (χ3n) is 10.3. The van der Waals surface area contributed by atoms with Gasteiger partial charge in [0.25, 0.3) is 0 Å². The van der Waals surface area contributed by atoms with E-state index >= 15 is 0 Å². The minimum absolute atomic E-state index is 0.0718. The highest BCUT2D eigenvalue weighted by Crippen LogP contribution is 2.12. The van der Waals surface area contributed by atoms with Crippen LogP contribution in [0.3, 0.4) is 0 Å². The average Bonchev–Trinajstić information content (AvgIpc) is 3.20. The number of ether oxygens (including phenoxy) is 1. The molecule has 0 aliphatic carbocycles. The van der Waals surface area contributed by atoms with Crippen molar-refractivity contribution in [1.29, 1.82) is 0 Å². The number of amides is 4. The van der Waals surface area contributed by atoms with Gasteiger partial charge in [0.2, 0.25) is 23.6 Å². The maximum Gasteiger partial charge on any atom is 0.306 e. The summed E-state index contributed by atoms with van der Waals surface area (Å²) in [5.74, 6) is -1.85. The van der Waals surface area contributed by atoms with Crippen LogP contribution < -0.4 is 27.0 Å². The molecule has 0 aromatic heterocycles. The Balaban J connectivity index is 4.62. The minimum atomic E-state index is -1.01. The van der Waals surface area contributed by atoms with Crippen LogP contribution in [0.2, 0.25) is 0 Å². The highest BCUT2D eigenvalue weighted by molar-refractivity contribution is 5.92. The zero-order valence-electron chi connectivity index (χ0n) is 36.9. The summed E-state index contributed by atoms with van der Waals surface area (Å²) in [5, 5.41) is 11.3. The van der Waals surface area contributed by atoms with E-state index in [1.54, 1.807) is 0 Å². The molecule has 0 aromatic rings. The molecule has 0 heterocycles. The lowest BCUT2D eigenvalue weighted by Crippen LogP contribution is -2.49. The first-order valence-electron chi connectivity index (χ1n) is 23.4. The normalized spacial score (nSPS) is 12.3. The van der Waals surface area contributed by atoms with Crippen molar-refractivity contribution in [3.63, 3.8) is 0 Å². The average molecular weight is 806 g/mol. The number of hydrogen-bond donors (Lipinski definition) is 5.